The summed E-state index contributed by atoms with van der Waals surface area (Å²) in [7, 11) is 0. The monoisotopic (exact) mass is 208 g/mol. The van der Waals surface area contributed by atoms with Crippen LogP contribution in [-0.4, -0.2) is 11.3 Å². The highest BCUT2D eigenvalue weighted by Crippen LogP contribution is 2.05. The van der Waals surface area contributed by atoms with E-state index in [2.05, 4.69) is 4.98 Å². The second kappa shape index (κ2) is 6.88. The molecular weight excluding hydrogens is 199 g/mol. The number of halogens is 2. The van der Waals surface area contributed by atoms with Gasteiger partial charge in [0.25, 0.3) is 0 Å². The molecule has 0 saturated carbocycles. The normalized spacial score (nSPS) is 7.67. The fraction of sp³-hybridized carbons (Fsp3) is 0.143. The zero-order valence-electron chi connectivity index (χ0n) is 6.27. The number of nitrogen functional groups attached to an aromatic ring is 1. The molecule has 1 heterocycles. The Hall–Kier alpha value is -0.800. The third-order valence-electron chi connectivity index (χ3n) is 1.23. The van der Waals surface area contributed by atoms with Crippen LogP contribution in [0.15, 0.2) is 18.3 Å². The maximum absolute atomic E-state index is 10.0. The number of rotatable bonds is 2. The van der Waals surface area contributed by atoms with Crippen LogP contribution in [0.5, 0.6) is 0 Å². The third-order valence-corrected chi connectivity index (χ3v) is 1.23. The van der Waals surface area contributed by atoms with Gasteiger partial charge in [0.2, 0.25) is 0 Å². The van der Waals surface area contributed by atoms with Crippen molar-refractivity contribution in [3.63, 3.8) is 0 Å². The Morgan fingerprint density at radius 1 is 1.50 bits per heavy atom. The lowest BCUT2D eigenvalue weighted by Gasteiger charge is -1.96. The van der Waals surface area contributed by atoms with Crippen LogP contribution in [0.25, 0.3) is 0 Å². The van der Waals surface area contributed by atoms with Crippen LogP contribution in [0.4, 0.5) is 5.82 Å². The Bertz CT molecular complexity index is 243. The largest absolute Gasteiger partial charge is 0.383 e. The van der Waals surface area contributed by atoms with Crippen molar-refractivity contribution in [3.8, 4) is 0 Å². The lowest BCUT2D eigenvalue weighted by atomic mass is 10.2. The van der Waals surface area contributed by atoms with Crippen LogP contribution in [0, 0.1) is 0 Å². The summed E-state index contributed by atoms with van der Waals surface area (Å²) in [5.74, 6) is 0.439. The topological polar surface area (TPSA) is 56.0 Å². The van der Waals surface area contributed by atoms with E-state index in [0.29, 0.717) is 12.2 Å². The Morgan fingerprint density at radius 3 is 2.67 bits per heavy atom. The second-order valence-electron chi connectivity index (χ2n) is 1.92. The minimum absolute atomic E-state index is 0. The summed E-state index contributed by atoms with van der Waals surface area (Å²) in [6, 6.07) is 3.55. The highest BCUT2D eigenvalue weighted by molar-refractivity contribution is 5.85. The molecule has 0 aromatic carbocycles. The van der Waals surface area contributed by atoms with Crippen LogP contribution >= 0.6 is 24.8 Å². The molecule has 0 aliphatic heterocycles. The molecule has 1 rings (SSSR count). The number of aromatic nitrogens is 1. The molecule has 68 valence electrons. The number of hydrogen-bond acceptors (Lipinski definition) is 3. The maximum Gasteiger partial charge on any atom is 0.126 e. The quantitative estimate of drug-likeness (QED) is 0.745. The molecular formula is C7H10Cl2N2O. The second-order valence-corrected chi connectivity index (χ2v) is 1.92. The smallest absolute Gasteiger partial charge is 0.126 e. The minimum Gasteiger partial charge on any atom is -0.383 e. The summed E-state index contributed by atoms with van der Waals surface area (Å²) >= 11 is 0. The van der Waals surface area contributed by atoms with E-state index in [-0.39, 0.29) is 24.8 Å². The first-order valence-electron chi connectivity index (χ1n) is 2.97. The molecule has 12 heavy (non-hydrogen) atoms. The van der Waals surface area contributed by atoms with Crippen LogP contribution in [0.1, 0.15) is 5.56 Å². The molecule has 0 bridgehead atoms. The molecule has 0 fully saturated rings. The summed E-state index contributed by atoms with van der Waals surface area (Å²) in [6.07, 6.45) is 2.76. The summed E-state index contributed by atoms with van der Waals surface area (Å²) in [4.78, 5) is 13.9. The molecule has 0 saturated heterocycles. The van der Waals surface area contributed by atoms with Crippen LogP contribution in [0.3, 0.4) is 0 Å². The summed E-state index contributed by atoms with van der Waals surface area (Å²) in [5.41, 5.74) is 6.23. The molecule has 0 aliphatic carbocycles. The van der Waals surface area contributed by atoms with Crippen LogP contribution in [-0.2, 0) is 11.2 Å². The summed E-state index contributed by atoms with van der Waals surface area (Å²) in [6.45, 7) is 0. The zero-order valence-corrected chi connectivity index (χ0v) is 7.90. The first kappa shape index (κ1) is 13.8. The molecule has 0 unspecified atom stereocenters. The van der Waals surface area contributed by atoms with E-state index in [1.54, 1.807) is 18.3 Å². The molecule has 0 spiro atoms. The Balaban J connectivity index is 0. The fourth-order valence-corrected chi connectivity index (χ4v) is 0.713. The van der Waals surface area contributed by atoms with Gasteiger partial charge in [0.05, 0.1) is 0 Å². The number of anilines is 1. The van der Waals surface area contributed by atoms with Gasteiger partial charge in [-0.3, -0.25) is 0 Å². The predicted octanol–water partition coefficient (Wildman–Crippen LogP) is 1.25. The third kappa shape index (κ3) is 3.55. The van der Waals surface area contributed by atoms with Crippen molar-refractivity contribution < 1.29 is 4.79 Å². The lowest BCUT2D eigenvalue weighted by molar-refractivity contribution is -0.107. The van der Waals surface area contributed by atoms with Crippen molar-refractivity contribution in [1.29, 1.82) is 0 Å². The zero-order chi connectivity index (χ0) is 7.40. The molecule has 1 aromatic rings. The number of pyridine rings is 1. The van der Waals surface area contributed by atoms with Gasteiger partial charge in [0.1, 0.15) is 12.1 Å². The Morgan fingerprint density at radius 2 is 2.17 bits per heavy atom. The van der Waals surface area contributed by atoms with Gasteiger partial charge in [0, 0.05) is 18.2 Å². The average molecular weight is 209 g/mol. The minimum atomic E-state index is 0. The van der Waals surface area contributed by atoms with Gasteiger partial charge < -0.3 is 10.5 Å². The number of nitrogens with two attached hydrogens (primary N) is 1. The van der Waals surface area contributed by atoms with E-state index >= 15 is 0 Å². The van der Waals surface area contributed by atoms with E-state index in [4.69, 9.17) is 5.73 Å². The van der Waals surface area contributed by atoms with E-state index in [9.17, 15) is 4.79 Å². The standard InChI is InChI=1S/C7H8N2O.2ClH/c8-7-6(3-5-10)2-1-4-9-7;;/h1-2,4-5H,3H2,(H2,8,9);2*1H. The fourth-order valence-electron chi connectivity index (χ4n) is 0.713. The highest BCUT2D eigenvalue weighted by Gasteiger charge is 1.95. The van der Waals surface area contributed by atoms with Crippen molar-refractivity contribution >= 4 is 36.9 Å². The molecule has 3 nitrogen and oxygen atoms in total. The number of carbonyl (C=O) groups is 1. The van der Waals surface area contributed by atoms with Crippen molar-refractivity contribution in [1.82, 2.24) is 4.98 Å². The molecule has 0 radical (unpaired) electrons. The number of aldehydes is 1. The summed E-state index contributed by atoms with van der Waals surface area (Å²) in [5, 5.41) is 0. The molecule has 2 N–H and O–H groups in total. The highest BCUT2D eigenvalue weighted by atomic mass is 35.5. The number of carbonyl (C=O) groups excluding carboxylic acids is 1. The number of hydrogen-bond donors (Lipinski definition) is 1. The van der Waals surface area contributed by atoms with Crippen LogP contribution < -0.4 is 5.73 Å². The first-order valence-corrected chi connectivity index (χ1v) is 2.97. The molecule has 0 aliphatic rings. The van der Waals surface area contributed by atoms with E-state index in [0.717, 1.165) is 11.8 Å². The van der Waals surface area contributed by atoms with Gasteiger partial charge in [0.15, 0.2) is 0 Å². The summed E-state index contributed by atoms with van der Waals surface area (Å²) < 4.78 is 0. The molecule has 0 atom stereocenters. The maximum atomic E-state index is 10.0. The number of nitrogens with zero attached hydrogens (tertiary/aromatic N) is 1. The van der Waals surface area contributed by atoms with Gasteiger partial charge in [-0.1, -0.05) is 6.07 Å². The van der Waals surface area contributed by atoms with E-state index in [1.807, 2.05) is 0 Å². The van der Waals surface area contributed by atoms with E-state index < -0.39 is 0 Å². The van der Waals surface area contributed by atoms with Crippen molar-refractivity contribution in [2.45, 2.75) is 6.42 Å². The molecule has 0 amide bonds. The Kier molecular flexibility index (Phi) is 7.90. The van der Waals surface area contributed by atoms with Gasteiger partial charge in [-0.25, -0.2) is 4.98 Å². The molecule has 5 heteroatoms. The van der Waals surface area contributed by atoms with Crippen molar-refractivity contribution in [2.75, 3.05) is 5.73 Å². The van der Waals surface area contributed by atoms with Gasteiger partial charge >= 0.3 is 0 Å². The molecule has 1 aromatic heterocycles. The van der Waals surface area contributed by atoms with Crippen LogP contribution in [0.2, 0.25) is 0 Å². The lowest BCUT2D eigenvalue weighted by Crippen LogP contribution is -1.96. The van der Waals surface area contributed by atoms with E-state index in [1.165, 1.54) is 0 Å². The predicted molar refractivity (Wildman–Crippen MR) is 52.9 cm³/mol. The van der Waals surface area contributed by atoms with Gasteiger partial charge in [-0.05, 0) is 6.07 Å². The van der Waals surface area contributed by atoms with Crippen molar-refractivity contribution in [3.05, 3.63) is 23.9 Å². The first-order chi connectivity index (χ1) is 4.84. The average Bonchev–Trinajstić information content (AvgIpc) is 1.94. The Labute approximate surface area is 83.2 Å². The SMILES string of the molecule is Cl.Cl.Nc1ncccc1CC=O. The van der Waals surface area contributed by atoms with Gasteiger partial charge in [-0.15, -0.1) is 24.8 Å². The van der Waals surface area contributed by atoms with Gasteiger partial charge in [-0.2, -0.15) is 0 Å². The van der Waals surface area contributed by atoms with Crippen molar-refractivity contribution in [2.24, 2.45) is 0 Å².